The van der Waals surface area contributed by atoms with Crippen LogP contribution >= 0.6 is 27.5 Å². The maximum absolute atomic E-state index is 12.2. The van der Waals surface area contributed by atoms with Crippen LogP contribution in [0.2, 0.25) is 5.02 Å². The van der Waals surface area contributed by atoms with Crippen molar-refractivity contribution < 1.29 is 14.7 Å². The Bertz CT molecular complexity index is 731. The molecule has 0 unspecified atom stereocenters. The first-order chi connectivity index (χ1) is 9.90. The molecular formula is C15H11BrClNO3. The Kier molecular flexibility index (Phi) is 4.65. The van der Waals surface area contributed by atoms with Gasteiger partial charge in [-0.3, -0.25) is 4.79 Å². The molecule has 0 saturated heterocycles. The van der Waals surface area contributed by atoms with E-state index in [1.807, 2.05) is 6.92 Å². The number of hydrogen-bond donors (Lipinski definition) is 2. The molecule has 1 amide bonds. The number of rotatable bonds is 3. The first-order valence-electron chi connectivity index (χ1n) is 5.99. The van der Waals surface area contributed by atoms with Crippen LogP contribution in [0.5, 0.6) is 0 Å². The van der Waals surface area contributed by atoms with Gasteiger partial charge in [-0.25, -0.2) is 4.79 Å². The highest BCUT2D eigenvalue weighted by atomic mass is 79.9. The highest BCUT2D eigenvalue weighted by Crippen LogP contribution is 2.27. The predicted octanol–water partition coefficient (Wildman–Crippen LogP) is 4.36. The van der Waals surface area contributed by atoms with Gasteiger partial charge in [-0.15, -0.1) is 0 Å². The zero-order chi connectivity index (χ0) is 15.6. The predicted molar refractivity (Wildman–Crippen MR) is 85.2 cm³/mol. The molecule has 0 aliphatic rings. The molecule has 0 fully saturated rings. The van der Waals surface area contributed by atoms with E-state index in [9.17, 15) is 9.59 Å². The van der Waals surface area contributed by atoms with Crippen LogP contribution in [0, 0.1) is 6.92 Å². The van der Waals surface area contributed by atoms with E-state index in [2.05, 4.69) is 21.2 Å². The molecule has 0 bridgehead atoms. The largest absolute Gasteiger partial charge is 0.478 e. The number of anilines is 1. The van der Waals surface area contributed by atoms with Crippen LogP contribution in [-0.4, -0.2) is 17.0 Å². The third kappa shape index (κ3) is 3.43. The minimum Gasteiger partial charge on any atom is -0.478 e. The smallest absolute Gasteiger partial charge is 0.337 e. The number of nitrogens with one attached hydrogen (secondary N) is 1. The number of carbonyl (C=O) groups is 2. The summed E-state index contributed by atoms with van der Waals surface area (Å²) in [6.07, 6.45) is 0. The Morgan fingerprint density at radius 2 is 1.95 bits per heavy atom. The third-order valence-corrected chi connectivity index (χ3v) is 3.98. The lowest BCUT2D eigenvalue weighted by molar-refractivity contribution is 0.0698. The molecule has 0 aliphatic heterocycles. The van der Waals surface area contributed by atoms with Gasteiger partial charge in [-0.05, 0) is 52.7 Å². The van der Waals surface area contributed by atoms with Crippen molar-refractivity contribution in [3.05, 3.63) is 62.6 Å². The van der Waals surface area contributed by atoms with Crippen LogP contribution in [0.4, 0.5) is 5.69 Å². The van der Waals surface area contributed by atoms with Gasteiger partial charge in [0.2, 0.25) is 0 Å². The molecule has 108 valence electrons. The molecule has 21 heavy (non-hydrogen) atoms. The van der Waals surface area contributed by atoms with E-state index >= 15 is 0 Å². The van der Waals surface area contributed by atoms with Crippen LogP contribution in [0.1, 0.15) is 26.3 Å². The molecule has 2 aromatic rings. The zero-order valence-corrected chi connectivity index (χ0v) is 13.3. The van der Waals surface area contributed by atoms with Crippen molar-refractivity contribution in [3.63, 3.8) is 0 Å². The molecule has 0 atom stereocenters. The molecule has 0 radical (unpaired) electrons. The van der Waals surface area contributed by atoms with Gasteiger partial charge in [0, 0.05) is 15.1 Å². The summed E-state index contributed by atoms with van der Waals surface area (Å²) in [6.45, 7) is 1.83. The van der Waals surface area contributed by atoms with E-state index in [0.29, 0.717) is 15.1 Å². The fourth-order valence-corrected chi connectivity index (χ4v) is 2.40. The third-order valence-electron chi connectivity index (χ3n) is 2.92. The molecular weight excluding hydrogens is 358 g/mol. The van der Waals surface area contributed by atoms with Crippen molar-refractivity contribution >= 4 is 45.1 Å². The summed E-state index contributed by atoms with van der Waals surface area (Å²) in [5.74, 6) is -1.54. The first kappa shape index (κ1) is 15.5. The number of carbonyl (C=O) groups excluding carboxylic acids is 1. The molecule has 0 heterocycles. The average Bonchev–Trinajstić information content (AvgIpc) is 2.43. The minimum absolute atomic E-state index is 0.0101. The highest BCUT2D eigenvalue weighted by Gasteiger charge is 2.16. The second-order valence-electron chi connectivity index (χ2n) is 4.39. The van der Waals surface area contributed by atoms with Crippen molar-refractivity contribution in [1.29, 1.82) is 0 Å². The summed E-state index contributed by atoms with van der Waals surface area (Å²) >= 11 is 9.23. The van der Waals surface area contributed by atoms with Crippen molar-refractivity contribution in [2.75, 3.05) is 5.32 Å². The monoisotopic (exact) mass is 367 g/mol. The molecule has 2 N–H and O–H groups in total. The van der Waals surface area contributed by atoms with E-state index < -0.39 is 11.9 Å². The van der Waals surface area contributed by atoms with Crippen LogP contribution in [-0.2, 0) is 0 Å². The molecule has 0 aliphatic carbocycles. The Hall–Kier alpha value is -1.85. The number of amides is 1. The number of carboxylic acid groups (broad SMARTS) is 1. The van der Waals surface area contributed by atoms with E-state index in [1.54, 1.807) is 30.3 Å². The zero-order valence-electron chi connectivity index (χ0n) is 11.0. The molecule has 6 heteroatoms. The van der Waals surface area contributed by atoms with E-state index in [4.69, 9.17) is 16.7 Å². The van der Waals surface area contributed by atoms with Gasteiger partial charge in [0.25, 0.3) is 5.91 Å². The van der Waals surface area contributed by atoms with E-state index in [1.165, 1.54) is 6.07 Å². The molecule has 0 spiro atoms. The quantitative estimate of drug-likeness (QED) is 0.846. The van der Waals surface area contributed by atoms with Crippen molar-refractivity contribution in [3.8, 4) is 0 Å². The minimum atomic E-state index is -1.12. The Balaban J connectivity index is 2.36. The number of benzene rings is 2. The van der Waals surface area contributed by atoms with Crippen LogP contribution in [0.3, 0.4) is 0 Å². The summed E-state index contributed by atoms with van der Waals surface area (Å²) in [5.41, 5.74) is 1.45. The van der Waals surface area contributed by atoms with E-state index in [-0.39, 0.29) is 11.3 Å². The van der Waals surface area contributed by atoms with Gasteiger partial charge in [-0.2, -0.15) is 0 Å². The molecule has 2 aromatic carbocycles. The maximum atomic E-state index is 12.2. The van der Waals surface area contributed by atoms with Crippen molar-refractivity contribution in [2.24, 2.45) is 0 Å². The fraction of sp³-hybridized carbons (Fsp3) is 0.0667. The van der Waals surface area contributed by atoms with Gasteiger partial charge in [0.15, 0.2) is 0 Å². The molecule has 4 nitrogen and oxygen atoms in total. The summed E-state index contributed by atoms with van der Waals surface area (Å²) in [4.78, 5) is 23.4. The van der Waals surface area contributed by atoms with Crippen LogP contribution < -0.4 is 5.32 Å². The number of aromatic carboxylic acids is 1. The summed E-state index contributed by atoms with van der Waals surface area (Å²) in [5, 5.41) is 12.2. The highest BCUT2D eigenvalue weighted by molar-refractivity contribution is 9.10. The summed E-state index contributed by atoms with van der Waals surface area (Å²) < 4.78 is 0.494. The van der Waals surface area contributed by atoms with Gasteiger partial charge in [-0.1, -0.05) is 23.7 Å². The summed E-state index contributed by atoms with van der Waals surface area (Å²) in [7, 11) is 0. The maximum Gasteiger partial charge on any atom is 0.337 e. The SMILES string of the molecule is Cc1ccc(C(=O)Nc2c(Br)cccc2C(=O)O)cc1Cl. The van der Waals surface area contributed by atoms with Crippen molar-refractivity contribution in [1.82, 2.24) is 0 Å². The van der Waals surface area contributed by atoms with Gasteiger partial charge < -0.3 is 10.4 Å². The lowest BCUT2D eigenvalue weighted by Gasteiger charge is -2.11. The number of hydrogen-bond acceptors (Lipinski definition) is 2. The molecule has 0 saturated carbocycles. The van der Waals surface area contributed by atoms with Gasteiger partial charge in [0.05, 0.1) is 11.3 Å². The normalized spacial score (nSPS) is 10.2. The number of para-hydroxylation sites is 1. The number of aryl methyl sites for hydroxylation is 1. The standard InChI is InChI=1S/C15H11BrClNO3/c1-8-5-6-9(7-12(8)17)14(19)18-13-10(15(20)21)3-2-4-11(13)16/h2-7H,1H3,(H,18,19)(H,20,21). The molecule has 0 aromatic heterocycles. The lowest BCUT2D eigenvalue weighted by atomic mass is 10.1. The Morgan fingerprint density at radius 1 is 1.24 bits per heavy atom. The Morgan fingerprint density at radius 3 is 2.57 bits per heavy atom. The number of halogens is 2. The molecule has 2 rings (SSSR count). The lowest BCUT2D eigenvalue weighted by Crippen LogP contribution is -2.15. The fourth-order valence-electron chi connectivity index (χ4n) is 1.75. The van der Waals surface area contributed by atoms with Crippen molar-refractivity contribution in [2.45, 2.75) is 6.92 Å². The Labute approximate surface area is 134 Å². The van der Waals surface area contributed by atoms with Gasteiger partial charge in [0.1, 0.15) is 0 Å². The van der Waals surface area contributed by atoms with Crippen LogP contribution in [0.25, 0.3) is 0 Å². The second kappa shape index (κ2) is 6.28. The topological polar surface area (TPSA) is 66.4 Å². The van der Waals surface area contributed by atoms with Gasteiger partial charge >= 0.3 is 5.97 Å². The van der Waals surface area contributed by atoms with E-state index in [0.717, 1.165) is 5.56 Å². The van der Waals surface area contributed by atoms with Crippen LogP contribution in [0.15, 0.2) is 40.9 Å². The first-order valence-corrected chi connectivity index (χ1v) is 7.16. The second-order valence-corrected chi connectivity index (χ2v) is 5.65. The number of carboxylic acids is 1. The summed E-state index contributed by atoms with van der Waals surface area (Å²) in [6, 6.07) is 9.58. The average molecular weight is 369 g/mol.